The Balaban J connectivity index is 2.75. The topological polar surface area (TPSA) is 25.8 Å². The first kappa shape index (κ1) is 8.59. The van der Waals surface area contributed by atoms with Gasteiger partial charge in [-0.1, -0.05) is 6.07 Å². The third-order valence-corrected chi connectivity index (χ3v) is 2.53. The molecule has 0 aliphatic heterocycles. The molecule has 13 heavy (non-hydrogen) atoms. The molecule has 0 unspecified atom stereocenters. The van der Waals surface area contributed by atoms with Crippen LogP contribution in [0.5, 0.6) is 0 Å². The third kappa shape index (κ3) is 1.43. The number of rotatable bonds is 1. The summed E-state index contributed by atoms with van der Waals surface area (Å²) in [4.78, 5) is 0. The lowest BCUT2D eigenvalue weighted by molar-refractivity contribution is 0.489. The average Bonchev–Trinajstić information content (AvgIpc) is 2.48. The Morgan fingerprint density at radius 3 is 2.62 bits per heavy atom. The van der Waals surface area contributed by atoms with Crippen molar-refractivity contribution in [1.29, 1.82) is 0 Å². The zero-order valence-electron chi connectivity index (χ0n) is 7.98. The minimum Gasteiger partial charge on any atom is -0.296 e. The Bertz CT molecular complexity index is 428. The van der Waals surface area contributed by atoms with Crippen molar-refractivity contribution in [2.75, 3.05) is 21.1 Å². The van der Waals surface area contributed by atoms with Gasteiger partial charge in [0, 0.05) is 6.07 Å². The minimum atomic E-state index is 0.781. The van der Waals surface area contributed by atoms with Crippen LogP contribution in [-0.2, 0) is 0 Å². The molecule has 0 saturated carbocycles. The Kier molecular flexibility index (Phi) is 1.82. The van der Waals surface area contributed by atoms with E-state index < -0.39 is 0 Å². The molecule has 0 spiro atoms. The molecular formula is C9H12N3S+. The van der Waals surface area contributed by atoms with Crippen molar-refractivity contribution < 1.29 is 0 Å². The van der Waals surface area contributed by atoms with Crippen molar-refractivity contribution in [2.45, 2.75) is 0 Å². The first-order chi connectivity index (χ1) is 6.09. The normalized spacial score (nSPS) is 12.2. The monoisotopic (exact) mass is 194 g/mol. The number of fused-ring (bicyclic) bond motifs is 1. The summed E-state index contributed by atoms with van der Waals surface area (Å²) in [6.45, 7) is 0. The van der Waals surface area contributed by atoms with Gasteiger partial charge in [0.05, 0.1) is 32.9 Å². The summed E-state index contributed by atoms with van der Waals surface area (Å²) in [6.07, 6.45) is 0. The summed E-state index contributed by atoms with van der Waals surface area (Å²) >= 11 is 1.27. The fourth-order valence-corrected chi connectivity index (χ4v) is 1.88. The highest BCUT2D eigenvalue weighted by Crippen LogP contribution is 2.26. The number of hydrogen-bond donors (Lipinski definition) is 0. The zero-order chi connectivity index (χ0) is 9.47. The van der Waals surface area contributed by atoms with Crippen LogP contribution in [0.2, 0.25) is 0 Å². The second-order valence-corrected chi connectivity index (χ2v) is 4.45. The third-order valence-electron chi connectivity index (χ3n) is 1.99. The number of hydrogen-bond acceptors (Lipinski definition) is 3. The number of nitrogens with zero attached hydrogens (tertiary/aromatic N) is 3. The predicted molar refractivity (Wildman–Crippen MR) is 57.0 cm³/mol. The summed E-state index contributed by atoms with van der Waals surface area (Å²) in [5, 5.41) is 0. The van der Waals surface area contributed by atoms with E-state index in [1.165, 1.54) is 17.4 Å². The quantitative estimate of drug-likeness (QED) is 0.648. The molecule has 1 aromatic heterocycles. The van der Waals surface area contributed by atoms with E-state index in [2.05, 4.69) is 36.0 Å². The summed E-state index contributed by atoms with van der Waals surface area (Å²) in [7, 11) is 6.40. The van der Waals surface area contributed by atoms with Crippen LogP contribution in [0.25, 0.3) is 11.0 Å². The van der Waals surface area contributed by atoms with Gasteiger partial charge in [0.15, 0.2) is 11.2 Å². The smallest absolute Gasteiger partial charge is 0.165 e. The molecule has 1 heterocycles. The lowest BCUT2D eigenvalue weighted by atomic mass is 10.2. The van der Waals surface area contributed by atoms with E-state index in [9.17, 15) is 0 Å². The lowest BCUT2D eigenvalue weighted by Gasteiger charge is -2.23. The van der Waals surface area contributed by atoms with Crippen molar-refractivity contribution in [1.82, 2.24) is 13.2 Å². The molecule has 0 radical (unpaired) electrons. The molecule has 2 rings (SSSR count). The van der Waals surface area contributed by atoms with Gasteiger partial charge in [-0.2, -0.15) is 8.75 Å². The van der Waals surface area contributed by atoms with Crippen LogP contribution in [-0.4, -0.2) is 29.9 Å². The standard InChI is InChI=1S/C9H12N3S/c1-12(2,3)8-6-4-5-7-9(8)11-13-10-7/h4-6H,1-3H3/q+1. The van der Waals surface area contributed by atoms with E-state index in [1.807, 2.05) is 12.1 Å². The molecule has 68 valence electrons. The fourth-order valence-electron chi connectivity index (χ4n) is 1.33. The van der Waals surface area contributed by atoms with Crippen LogP contribution in [0.1, 0.15) is 0 Å². The lowest BCUT2D eigenvalue weighted by Crippen LogP contribution is -2.34. The van der Waals surface area contributed by atoms with E-state index in [0.29, 0.717) is 0 Å². The van der Waals surface area contributed by atoms with Crippen LogP contribution in [0.3, 0.4) is 0 Å². The molecule has 0 fully saturated rings. The summed E-state index contributed by atoms with van der Waals surface area (Å²) in [5.74, 6) is 0. The highest BCUT2D eigenvalue weighted by atomic mass is 32.1. The first-order valence-electron chi connectivity index (χ1n) is 4.12. The van der Waals surface area contributed by atoms with Crippen molar-refractivity contribution in [3.8, 4) is 0 Å². The van der Waals surface area contributed by atoms with Crippen molar-refractivity contribution in [2.24, 2.45) is 0 Å². The van der Waals surface area contributed by atoms with Gasteiger partial charge in [-0.15, -0.1) is 0 Å². The molecule has 0 aliphatic rings. The van der Waals surface area contributed by atoms with Crippen molar-refractivity contribution >= 4 is 28.4 Å². The van der Waals surface area contributed by atoms with Crippen molar-refractivity contribution in [3.05, 3.63) is 18.2 Å². The van der Waals surface area contributed by atoms with Crippen LogP contribution < -0.4 is 4.48 Å². The number of aromatic nitrogens is 2. The molecule has 4 heteroatoms. The highest BCUT2D eigenvalue weighted by Gasteiger charge is 2.17. The molecule has 0 saturated heterocycles. The van der Waals surface area contributed by atoms with Crippen LogP contribution in [0, 0.1) is 0 Å². The number of quaternary nitrogens is 1. The zero-order valence-corrected chi connectivity index (χ0v) is 8.80. The molecule has 2 aromatic rings. The second-order valence-electron chi connectivity index (χ2n) is 3.92. The average molecular weight is 194 g/mol. The minimum absolute atomic E-state index is 0.781. The van der Waals surface area contributed by atoms with Gasteiger partial charge in [0.1, 0.15) is 5.52 Å². The maximum Gasteiger partial charge on any atom is 0.165 e. The maximum atomic E-state index is 4.30. The molecule has 1 aromatic carbocycles. The predicted octanol–water partition coefficient (Wildman–Crippen LogP) is 1.89. The molecule has 3 nitrogen and oxygen atoms in total. The molecule has 0 N–H and O–H groups in total. The summed E-state index contributed by atoms with van der Waals surface area (Å²) < 4.78 is 9.29. The SMILES string of the molecule is C[N+](C)(C)c1cccc2nsnc12. The van der Waals surface area contributed by atoms with E-state index >= 15 is 0 Å². The Labute approximate surface area is 81.5 Å². The molecule has 0 amide bonds. The Hall–Kier alpha value is -1.00. The van der Waals surface area contributed by atoms with Crippen LogP contribution in [0.15, 0.2) is 18.2 Å². The highest BCUT2D eigenvalue weighted by molar-refractivity contribution is 7.00. The van der Waals surface area contributed by atoms with Gasteiger partial charge < -0.3 is 0 Å². The summed E-state index contributed by atoms with van der Waals surface area (Å²) in [6, 6.07) is 6.13. The Morgan fingerprint density at radius 2 is 1.92 bits per heavy atom. The van der Waals surface area contributed by atoms with Crippen LogP contribution in [0.4, 0.5) is 5.69 Å². The Morgan fingerprint density at radius 1 is 1.15 bits per heavy atom. The largest absolute Gasteiger partial charge is 0.296 e. The second kappa shape index (κ2) is 2.75. The van der Waals surface area contributed by atoms with E-state index in [-0.39, 0.29) is 0 Å². The van der Waals surface area contributed by atoms with Gasteiger partial charge in [0.2, 0.25) is 0 Å². The fraction of sp³-hybridized carbons (Fsp3) is 0.333. The summed E-state index contributed by atoms with van der Waals surface area (Å²) in [5.41, 5.74) is 3.24. The van der Waals surface area contributed by atoms with E-state index in [0.717, 1.165) is 15.5 Å². The van der Waals surface area contributed by atoms with Crippen LogP contribution >= 0.6 is 11.7 Å². The molecule has 0 atom stereocenters. The van der Waals surface area contributed by atoms with Gasteiger partial charge >= 0.3 is 0 Å². The first-order valence-corrected chi connectivity index (χ1v) is 4.85. The maximum absolute atomic E-state index is 4.30. The number of benzene rings is 1. The van der Waals surface area contributed by atoms with Gasteiger partial charge in [-0.05, 0) is 6.07 Å². The molecule has 0 bridgehead atoms. The van der Waals surface area contributed by atoms with E-state index in [4.69, 9.17) is 0 Å². The van der Waals surface area contributed by atoms with E-state index in [1.54, 1.807) is 0 Å². The molecular weight excluding hydrogens is 182 g/mol. The van der Waals surface area contributed by atoms with Gasteiger partial charge in [-0.3, -0.25) is 4.48 Å². The van der Waals surface area contributed by atoms with Gasteiger partial charge in [0.25, 0.3) is 0 Å². The molecule has 0 aliphatic carbocycles. The van der Waals surface area contributed by atoms with Gasteiger partial charge in [-0.25, -0.2) is 0 Å². The van der Waals surface area contributed by atoms with Crippen molar-refractivity contribution in [3.63, 3.8) is 0 Å².